The number of rotatable bonds is 8. The van der Waals surface area contributed by atoms with Crippen molar-refractivity contribution in [1.29, 1.82) is 0 Å². The third-order valence-electron chi connectivity index (χ3n) is 6.19. The van der Waals surface area contributed by atoms with Crippen molar-refractivity contribution in [2.75, 3.05) is 11.4 Å². The predicted molar refractivity (Wildman–Crippen MR) is 129 cm³/mol. The van der Waals surface area contributed by atoms with Crippen LogP contribution < -0.4 is 15.5 Å². The van der Waals surface area contributed by atoms with Crippen molar-refractivity contribution in [3.05, 3.63) is 89.6 Å². The Balaban J connectivity index is 1.70. The first-order valence-corrected chi connectivity index (χ1v) is 11.7. The van der Waals surface area contributed by atoms with Crippen molar-refractivity contribution in [2.24, 2.45) is 0 Å². The maximum atomic E-state index is 14.2. The van der Waals surface area contributed by atoms with E-state index in [0.717, 1.165) is 31.2 Å². The zero-order valence-electron chi connectivity index (χ0n) is 19.5. The molecule has 0 saturated heterocycles. The number of furan rings is 1. The Labute approximate surface area is 203 Å². The third kappa shape index (κ3) is 5.77. The molecule has 2 aromatic carbocycles. The van der Waals surface area contributed by atoms with E-state index < -0.39 is 30.2 Å². The number of anilines is 1. The second kappa shape index (κ2) is 11.0. The van der Waals surface area contributed by atoms with Gasteiger partial charge in [0.1, 0.15) is 11.9 Å². The van der Waals surface area contributed by atoms with Gasteiger partial charge in [0.2, 0.25) is 11.8 Å². The highest BCUT2D eigenvalue weighted by molar-refractivity contribution is 6.04. The molecule has 0 radical (unpaired) electrons. The lowest BCUT2D eigenvalue weighted by Crippen LogP contribution is -2.49. The quantitative estimate of drug-likeness (QED) is 0.506. The van der Waals surface area contributed by atoms with E-state index in [0.29, 0.717) is 5.56 Å². The van der Waals surface area contributed by atoms with Crippen LogP contribution in [0.25, 0.3) is 0 Å². The number of nitrogens with one attached hydrogen (secondary N) is 2. The van der Waals surface area contributed by atoms with Crippen LogP contribution in [-0.2, 0) is 9.59 Å². The first-order chi connectivity index (χ1) is 16.9. The molecule has 0 aliphatic heterocycles. The number of carbonyl (C=O) groups excluding carboxylic acids is 3. The molecule has 1 saturated carbocycles. The molecule has 1 aromatic heterocycles. The molecular formula is C27H28FN3O4. The summed E-state index contributed by atoms with van der Waals surface area (Å²) < 4.78 is 19.3. The summed E-state index contributed by atoms with van der Waals surface area (Å²) in [6.07, 6.45) is 5.17. The molecule has 35 heavy (non-hydrogen) atoms. The number of carbonyl (C=O) groups is 3. The van der Waals surface area contributed by atoms with Crippen LogP contribution in [0.2, 0.25) is 0 Å². The van der Waals surface area contributed by atoms with E-state index in [1.807, 2.05) is 19.1 Å². The highest BCUT2D eigenvalue weighted by atomic mass is 19.1. The molecule has 0 spiro atoms. The van der Waals surface area contributed by atoms with Crippen molar-refractivity contribution in [3.63, 3.8) is 0 Å². The van der Waals surface area contributed by atoms with E-state index in [1.165, 1.54) is 35.4 Å². The van der Waals surface area contributed by atoms with E-state index in [2.05, 4.69) is 10.6 Å². The molecule has 1 heterocycles. The summed E-state index contributed by atoms with van der Waals surface area (Å²) in [5.41, 5.74) is 1.66. The SMILES string of the molecule is Cc1ccccc1C(C(=O)NC1CCCC1)N(C(=O)CNC(=O)c1ccco1)c1cccc(F)c1. The first kappa shape index (κ1) is 24.2. The highest BCUT2D eigenvalue weighted by Gasteiger charge is 2.35. The largest absolute Gasteiger partial charge is 0.459 e. The molecule has 182 valence electrons. The molecule has 1 atom stereocenters. The molecule has 1 unspecified atom stereocenters. The number of benzene rings is 2. The molecule has 1 fully saturated rings. The predicted octanol–water partition coefficient (Wildman–Crippen LogP) is 4.29. The number of aryl methyl sites for hydroxylation is 1. The van der Waals surface area contributed by atoms with Gasteiger partial charge >= 0.3 is 0 Å². The van der Waals surface area contributed by atoms with E-state index in [-0.39, 0.29) is 23.4 Å². The molecule has 1 aliphatic rings. The van der Waals surface area contributed by atoms with Crippen LogP contribution >= 0.6 is 0 Å². The van der Waals surface area contributed by atoms with Gasteiger partial charge in [-0.2, -0.15) is 0 Å². The van der Waals surface area contributed by atoms with Crippen molar-refractivity contribution < 1.29 is 23.2 Å². The second-order valence-corrected chi connectivity index (χ2v) is 8.65. The summed E-state index contributed by atoms with van der Waals surface area (Å²) in [4.78, 5) is 40.9. The third-order valence-corrected chi connectivity index (χ3v) is 6.19. The van der Waals surface area contributed by atoms with Crippen LogP contribution in [0.4, 0.5) is 10.1 Å². The first-order valence-electron chi connectivity index (χ1n) is 11.7. The average molecular weight is 478 g/mol. The Morgan fingerprint density at radius 1 is 1.06 bits per heavy atom. The summed E-state index contributed by atoms with van der Waals surface area (Å²) in [7, 11) is 0. The number of hydrogen-bond donors (Lipinski definition) is 2. The minimum atomic E-state index is -1.05. The van der Waals surface area contributed by atoms with Crippen LogP contribution in [0, 0.1) is 12.7 Å². The van der Waals surface area contributed by atoms with Gasteiger partial charge in [0, 0.05) is 11.7 Å². The number of hydrogen-bond acceptors (Lipinski definition) is 4. The molecule has 1 aliphatic carbocycles. The Morgan fingerprint density at radius 3 is 2.51 bits per heavy atom. The number of halogens is 1. The molecular weight excluding hydrogens is 449 g/mol. The van der Waals surface area contributed by atoms with E-state index in [1.54, 1.807) is 24.3 Å². The lowest BCUT2D eigenvalue weighted by Gasteiger charge is -2.33. The molecule has 4 rings (SSSR count). The fourth-order valence-electron chi connectivity index (χ4n) is 4.44. The zero-order chi connectivity index (χ0) is 24.8. The lowest BCUT2D eigenvalue weighted by molar-refractivity contribution is -0.126. The van der Waals surface area contributed by atoms with Crippen molar-refractivity contribution in [3.8, 4) is 0 Å². The average Bonchev–Trinajstić information content (AvgIpc) is 3.56. The van der Waals surface area contributed by atoms with Gasteiger partial charge in [-0.15, -0.1) is 0 Å². The van der Waals surface area contributed by atoms with E-state index >= 15 is 0 Å². The Kier molecular flexibility index (Phi) is 7.60. The van der Waals surface area contributed by atoms with Gasteiger partial charge in [-0.3, -0.25) is 19.3 Å². The van der Waals surface area contributed by atoms with Gasteiger partial charge in [-0.1, -0.05) is 43.2 Å². The van der Waals surface area contributed by atoms with Gasteiger partial charge in [-0.05, 0) is 61.2 Å². The normalized spacial score (nSPS) is 14.3. The van der Waals surface area contributed by atoms with Gasteiger partial charge in [0.25, 0.3) is 5.91 Å². The van der Waals surface area contributed by atoms with Crippen LogP contribution in [0.3, 0.4) is 0 Å². The van der Waals surface area contributed by atoms with Crippen molar-refractivity contribution in [1.82, 2.24) is 10.6 Å². The maximum absolute atomic E-state index is 14.2. The molecule has 3 amide bonds. The monoisotopic (exact) mass is 477 g/mol. The molecule has 7 nitrogen and oxygen atoms in total. The summed E-state index contributed by atoms with van der Waals surface area (Å²) in [6, 6.07) is 14.9. The topological polar surface area (TPSA) is 91.7 Å². The summed E-state index contributed by atoms with van der Waals surface area (Å²) in [6.45, 7) is 1.45. The standard InChI is InChI=1S/C27H28FN3O4/c1-18-8-2-5-13-22(18)25(27(34)30-20-10-3-4-11-20)31(21-12-6-9-19(28)16-21)24(32)17-29-26(33)23-14-7-15-35-23/h2,5-9,12-16,20,25H,3-4,10-11,17H2,1H3,(H,29,33)(H,30,34). The van der Waals surface area contributed by atoms with Crippen LogP contribution in [0.5, 0.6) is 0 Å². The van der Waals surface area contributed by atoms with Gasteiger partial charge in [0.05, 0.1) is 12.8 Å². The van der Waals surface area contributed by atoms with Crippen LogP contribution in [0.15, 0.2) is 71.3 Å². The van der Waals surface area contributed by atoms with Gasteiger partial charge in [-0.25, -0.2) is 4.39 Å². The highest BCUT2D eigenvalue weighted by Crippen LogP contribution is 2.31. The Hall–Kier alpha value is -3.94. The number of amides is 3. The Bertz CT molecular complexity index is 1190. The summed E-state index contributed by atoms with van der Waals surface area (Å²) in [5.74, 6) is -1.96. The summed E-state index contributed by atoms with van der Waals surface area (Å²) >= 11 is 0. The van der Waals surface area contributed by atoms with Gasteiger partial charge in [0.15, 0.2) is 5.76 Å². The van der Waals surface area contributed by atoms with Gasteiger partial charge < -0.3 is 15.1 Å². The molecule has 3 aromatic rings. The second-order valence-electron chi connectivity index (χ2n) is 8.65. The van der Waals surface area contributed by atoms with E-state index in [4.69, 9.17) is 4.42 Å². The van der Waals surface area contributed by atoms with Crippen molar-refractivity contribution >= 4 is 23.4 Å². The Morgan fingerprint density at radius 2 is 1.83 bits per heavy atom. The summed E-state index contributed by atoms with van der Waals surface area (Å²) in [5, 5.41) is 5.62. The van der Waals surface area contributed by atoms with E-state index in [9.17, 15) is 18.8 Å². The molecule has 8 heteroatoms. The smallest absolute Gasteiger partial charge is 0.287 e. The van der Waals surface area contributed by atoms with Crippen LogP contribution in [-0.4, -0.2) is 30.3 Å². The molecule has 2 N–H and O–H groups in total. The fraction of sp³-hybridized carbons (Fsp3) is 0.296. The minimum Gasteiger partial charge on any atom is -0.459 e. The molecule has 0 bridgehead atoms. The lowest BCUT2D eigenvalue weighted by atomic mass is 9.97. The van der Waals surface area contributed by atoms with Crippen LogP contribution in [0.1, 0.15) is 53.4 Å². The fourth-order valence-corrected chi connectivity index (χ4v) is 4.44. The minimum absolute atomic E-state index is 0.0251. The maximum Gasteiger partial charge on any atom is 0.287 e. The van der Waals surface area contributed by atoms with Crippen molar-refractivity contribution in [2.45, 2.75) is 44.7 Å². The zero-order valence-corrected chi connectivity index (χ0v) is 19.5. The number of nitrogens with zero attached hydrogens (tertiary/aromatic N) is 1.